The first-order valence-electron chi connectivity index (χ1n) is 4.41. The van der Waals surface area contributed by atoms with Gasteiger partial charge in [0.15, 0.2) is 0 Å². The summed E-state index contributed by atoms with van der Waals surface area (Å²) in [7, 11) is -0.721. The third-order valence-electron chi connectivity index (χ3n) is 2.28. The highest BCUT2D eigenvalue weighted by Gasteiger charge is 2.23. The summed E-state index contributed by atoms with van der Waals surface area (Å²) in [5, 5.41) is 12.6. The van der Waals surface area contributed by atoms with Crippen molar-refractivity contribution in [2.24, 2.45) is 0 Å². The van der Waals surface area contributed by atoms with E-state index in [4.69, 9.17) is 0 Å². The van der Waals surface area contributed by atoms with E-state index in [0.29, 0.717) is 5.75 Å². The largest absolute Gasteiger partial charge is 0.392 e. The molecule has 0 aromatic heterocycles. The maximum absolute atomic E-state index is 10.7. The molecule has 0 saturated heterocycles. The van der Waals surface area contributed by atoms with Gasteiger partial charge in [-0.25, -0.2) is 0 Å². The summed E-state index contributed by atoms with van der Waals surface area (Å²) in [6.45, 7) is 0.755. The molecule has 1 fully saturated rings. The molecule has 0 aromatic rings. The smallest absolute Gasteiger partial charge is 0.0693 e. The molecular formula is C8H17NO2S. The van der Waals surface area contributed by atoms with Crippen molar-refractivity contribution >= 4 is 10.8 Å². The highest BCUT2D eigenvalue weighted by molar-refractivity contribution is 7.84. The van der Waals surface area contributed by atoms with Gasteiger partial charge in [-0.1, -0.05) is 0 Å². The predicted octanol–water partition coefficient (Wildman–Crippen LogP) is -0.132. The van der Waals surface area contributed by atoms with E-state index in [1.807, 2.05) is 0 Å². The standard InChI is InChI=1S/C8H17NO2S/c1-12(11)6-5-9-7-3-2-4-8(7)10/h7-10H,2-6H2,1H3. The van der Waals surface area contributed by atoms with Crippen LogP contribution in [0.5, 0.6) is 0 Å². The molecule has 0 heterocycles. The zero-order valence-electron chi connectivity index (χ0n) is 7.45. The topological polar surface area (TPSA) is 49.3 Å². The van der Waals surface area contributed by atoms with Crippen molar-refractivity contribution in [3.05, 3.63) is 0 Å². The van der Waals surface area contributed by atoms with Gasteiger partial charge in [0, 0.05) is 35.4 Å². The second-order valence-electron chi connectivity index (χ2n) is 3.34. The minimum absolute atomic E-state index is 0.185. The normalized spacial score (nSPS) is 32.2. The van der Waals surface area contributed by atoms with Gasteiger partial charge in [-0.15, -0.1) is 0 Å². The lowest BCUT2D eigenvalue weighted by Crippen LogP contribution is -2.37. The zero-order chi connectivity index (χ0) is 8.97. The van der Waals surface area contributed by atoms with E-state index in [-0.39, 0.29) is 12.1 Å². The Morgan fingerprint density at radius 1 is 1.58 bits per heavy atom. The third kappa shape index (κ3) is 3.21. The van der Waals surface area contributed by atoms with Gasteiger partial charge in [-0.3, -0.25) is 4.21 Å². The van der Waals surface area contributed by atoms with E-state index in [1.54, 1.807) is 6.26 Å². The molecule has 3 unspecified atom stereocenters. The van der Waals surface area contributed by atoms with Crippen molar-refractivity contribution in [3.63, 3.8) is 0 Å². The average Bonchev–Trinajstić information content (AvgIpc) is 2.36. The Hall–Kier alpha value is 0.0700. The van der Waals surface area contributed by atoms with Crippen LogP contribution in [0.25, 0.3) is 0 Å². The molecule has 0 amide bonds. The van der Waals surface area contributed by atoms with E-state index in [9.17, 15) is 9.32 Å². The Kier molecular flexibility index (Phi) is 4.18. The summed E-state index contributed by atoms with van der Waals surface area (Å²) >= 11 is 0. The van der Waals surface area contributed by atoms with E-state index in [2.05, 4.69) is 5.32 Å². The summed E-state index contributed by atoms with van der Waals surface area (Å²) < 4.78 is 10.7. The lowest BCUT2D eigenvalue weighted by Gasteiger charge is -2.15. The van der Waals surface area contributed by atoms with Gasteiger partial charge < -0.3 is 10.4 Å². The Labute approximate surface area is 76.0 Å². The van der Waals surface area contributed by atoms with E-state index >= 15 is 0 Å². The van der Waals surface area contributed by atoms with Gasteiger partial charge in [0.1, 0.15) is 0 Å². The van der Waals surface area contributed by atoms with Crippen LogP contribution in [0.3, 0.4) is 0 Å². The first-order chi connectivity index (χ1) is 5.70. The minimum atomic E-state index is -0.721. The monoisotopic (exact) mass is 191 g/mol. The average molecular weight is 191 g/mol. The number of hydrogen-bond donors (Lipinski definition) is 2. The van der Waals surface area contributed by atoms with Crippen LogP contribution in [0.2, 0.25) is 0 Å². The summed E-state index contributed by atoms with van der Waals surface area (Å²) in [6, 6.07) is 0.244. The quantitative estimate of drug-likeness (QED) is 0.651. The molecule has 0 spiro atoms. The second kappa shape index (κ2) is 4.94. The van der Waals surface area contributed by atoms with Crippen LogP contribution in [0.15, 0.2) is 0 Å². The maximum atomic E-state index is 10.7. The van der Waals surface area contributed by atoms with Crippen molar-refractivity contribution in [1.82, 2.24) is 5.32 Å². The fourth-order valence-corrected chi connectivity index (χ4v) is 1.97. The zero-order valence-corrected chi connectivity index (χ0v) is 8.27. The Balaban J connectivity index is 2.10. The molecule has 1 saturated carbocycles. The fraction of sp³-hybridized carbons (Fsp3) is 1.00. The molecule has 12 heavy (non-hydrogen) atoms. The van der Waals surface area contributed by atoms with Gasteiger partial charge in [0.25, 0.3) is 0 Å². The Bertz CT molecular complexity index is 163. The van der Waals surface area contributed by atoms with Crippen LogP contribution in [-0.4, -0.2) is 40.0 Å². The summed E-state index contributed by atoms with van der Waals surface area (Å²) in [4.78, 5) is 0. The highest BCUT2D eigenvalue weighted by Crippen LogP contribution is 2.18. The molecule has 0 bridgehead atoms. The lowest BCUT2D eigenvalue weighted by molar-refractivity contribution is 0.150. The molecule has 0 aliphatic heterocycles. The molecule has 3 atom stereocenters. The third-order valence-corrected chi connectivity index (χ3v) is 3.05. The van der Waals surface area contributed by atoms with Crippen LogP contribution in [0, 0.1) is 0 Å². The summed E-state index contributed by atoms with van der Waals surface area (Å²) in [5.41, 5.74) is 0. The number of aliphatic hydroxyl groups is 1. The highest BCUT2D eigenvalue weighted by atomic mass is 32.2. The summed E-state index contributed by atoms with van der Waals surface area (Å²) in [6.07, 6.45) is 4.58. The molecule has 0 aromatic carbocycles. The van der Waals surface area contributed by atoms with Gasteiger partial charge in [-0.2, -0.15) is 0 Å². The molecule has 1 rings (SSSR count). The first kappa shape index (κ1) is 10.2. The number of aliphatic hydroxyl groups excluding tert-OH is 1. The van der Waals surface area contributed by atoms with E-state index in [1.165, 1.54) is 0 Å². The van der Waals surface area contributed by atoms with Gasteiger partial charge in [0.2, 0.25) is 0 Å². The number of hydrogen-bond acceptors (Lipinski definition) is 3. The van der Waals surface area contributed by atoms with Crippen LogP contribution < -0.4 is 5.32 Å². The molecular weight excluding hydrogens is 174 g/mol. The molecule has 0 radical (unpaired) electrons. The van der Waals surface area contributed by atoms with Crippen molar-refractivity contribution in [2.45, 2.75) is 31.4 Å². The lowest BCUT2D eigenvalue weighted by atomic mass is 10.2. The first-order valence-corrected chi connectivity index (χ1v) is 6.14. The Morgan fingerprint density at radius 3 is 2.83 bits per heavy atom. The van der Waals surface area contributed by atoms with Crippen LogP contribution in [-0.2, 0) is 10.8 Å². The van der Waals surface area contributed by atoms with Gasteiger partial charge >= 0.3 is 0 Å². The van der Waals surface area contributed by atoms with Crippen LogP contribution in [0.1, 0.15) is 19.3 Å². The molecule has 2 N–H and O–H groups in total. The van der Waals surface area contributed by atoms with Crippen LogP contribution >= 0.6 is 0 Å². The maximum Gasteiger partial charge on any atom is 0.0693 e. The SMILES string of the molecule is CS(=O)CCNC1CCCC1O. The van der Waals surface area contributed by atoms with E-state index in [0.717, 1.165) is 25.8 Å². The number of rotatable bonds is 4. The molecule has 3 nitrogen and oxygen atoms in total. The number of nitrogens with one attached hydrogen (secondary N) is 1. The van der Waals surface area contributed by atoms with Gasteiger partial charge in [0.05, 0.1) is 6.10 Å². The van der Waals surface area contributed by atoms with Crippen molar-refractivity contribution in [2.75, 3.05) is 18.6 Å². The molecule has 1 aliphatic carbocycles. The van der Waals surface area contributed by atoms with Crippen molar-refractivity contribution < 1.29 is 9.32 Å². The van der Waals surface area contributed by atoms with Crippen LogP contribution in [0.4, 0.5) is 0 Å². The molecule has 1 aliphatic rings. The second-order valence-corrected chi connectivity index (χ2v) is 4.89. The minimum Gasteiger partial charge on any atom is -0.392 e. The van der Waals surface area contributed by atoms with Gasteiger partial charge in [-0.05, 0) is 19.3 Å². The van der Waals surface area contributed by atoms with Crippen molar-refractivity contribution in [3.8, 4) is 0 Å². The predicted molar refractivity (Wildman–Crippen MR) is 50.6 cm³/mol. The fourth-order valence-electron chi connectivity index (χ4n) is 1.57. The van der Waals surface area contributed by atoms with Crippen molar-refractivity contribution in [1.29, 1.82) is 0 Å². The summed E-state index contributed by atoms with van der Waals surface area (Å²) in [5.74, 6) is 0.684. The van der Waals surface area contributed by atoms with E-state index < -0.39 is 10.8 Å². The molecule has 4 heteroatoms. The molecule has 72 valence electrons. The Morgan fingerprint density at radius 2 is 2.33 bits per heavy atom.